The first-order valence-electron chi connectivity index (χ1n) is 8.21. The molecule has 8 nitrogen and oxygen atoms in total. The van der Waals surface area contributed by atoms with Crippen molar-refractivity contribution < 1.29 is 19.2 Å². The second-order valence-corrected chi connectivity index (χ2v) is 5.47. The summed E-state index contributed by atoms with van der Waals surface area (Å²) in [6, 6.07) is 13.3. The van der Waals surface area contributed by atoms with Gasteiger partial charge in [-0.25, -0.2) is 0 Å². The molecule has 2 aromatic rings. The van der Waals surface area contributed by atoms with Crippen LogP contribution in [0.15, 0.2) is 54.6 Å². The number of hydrogen-bond donors (Lipinski definition) is 2. The van der Waals surface area contributed by atoms with Crippen molar-refractivity contribution in [3.63, 3.8) is 0 Å². The molecule has 0 atom stereocenters. The maximum atomic E-state index is 11.7. The zero-order valence-electron chi connectivity index (χ0n) is 14.7. The van der Waals surface area contributed by atoms with Gasteiger partial charge in [0, 0.05) is 12.1 Å². The van der Waals surface area contributed by atoms with E-state index in [2.05, 4.69) is 10.9 Å². The molecule has 0 aliphatic rings. The Labute approximate surface area is 156 Å². The van der Waals surface area contributed by atoms with Crippen LogP contribution in [0.2, 0.25) is 0 Å². The van der Waals surface area contributed by atoms with Gasteiger partial charge in [0.25, 0.3) is 17.5 Å². The van der Waals surface area contributed by atoms with E-state index in [0.717, 1.165) is 18.1 Å². The first-order valence-corrected chi connectivity index (χ1v) is 8.21. The van der Waals surface area contributed by atoms with Crippen LogP contribution >= 0.6 is 0 Å². The summed E-state index contributed by atoms with van der Waals surface area (Å²) in [6.45, 7) is 1.77. The van der Waals surface area contributed by atoms with E-state index in [4.69, 9.17) is 4.74 Å². The quantitative estimate of drug-likeness (QED) is 0.442. The van der Waals surface area contributed by atoms with Crippen molar-refractivity contribution >= 4 is 23.6 Å². The number of nitrogens with one attached hydrogen (secondary N) is 2. The molecule has 0 aliphatic heterocycles. The van der Waals surface area contributed by atoms with Gasteiger partial charge in [-0.1, -0.05) is 31.2 Å². The van der Waals surface area contributed by atoms with Gasteiger partial charge in [0.2, 0.25) is 0 Å². The third-order valence-electron chi connectivity index (χ3n) is 3.57. The normalized spacial score (nSPS) is 10.4. The number of aryl methyl sites for hydroxylation is 1. The van der Waals surface area contributed by atoms with Gasteiger partial charge in [-0.2, -0.15) is 0 Å². The molecule has 0 saturated carbocycles. The Bertz CT molecular complexity index is 847. The van der Waals surface area contributed by atoms with Gasteiger partial charge in [-0.3, -0.25) is 30.6 Å². The van der Waals surface area contributed by atoms with Crippen LogP contribution in [0.25, 0.3) is 6.08 Å². The van der Waals surface area contributed by atoms with E-state index in [1.807, 2.05) is 19.1 Å². The molecule has 0 saturated heterocycles. The van der Waals surface area contributed by atoms with Gasteiger partial charge >= 0.3 is 0 Å². The molecule has 2 aromatic carbocycles. The van der Waals surface area contributed by atoms with Crippen molar-refractivity contribution in [2.24, 2.45) is 0 Å². The molecule has 0 bridgehead atoms. The standard InChI is InChI=1S/C19H19N3O5/c1-2-14-7-10-16(11-8-14)27-13-19(24)21-20-18(23)12-9-15-5-3-4-6-17(15)22(25)26/h3-12H,2,13H2,1H3,(H,20,23)(H,21,24)/b12-9+. The molecule has 0 aromatic heterocycles. The topological polar surface area (TPSA) is 111 Å². The predicted octanol–water partition coefficient (Wildman–Crippen LogP) is 2.40. The Hall–Kier alpha value is -3.68. The SMILES string of the molecule is CCc1ccc(OCC(=O)NNC(=O)/C=C/c2ccccc2[N+](=O)[O-])cc1. The second-order valence-electron chi connectivity index (χ2n) is 5.47. The maximum Gasteiger partial charge on any atom is 0.276 e. The van der Waals surface area contributed by atoms with Crippen LogP contribution < -0.4 is 15.6 Å². The number of amides is 2. The van der Waals surface area contributed by atoms with Crippen molar-refractivity contribution in [3.05, 3.63) is 75.8 Å². The number of benzene rings is 2. The smallest absolute Gasteiger partial charge is 0.276 e. The van der Waals surface area contributed by atoms with Gasteiger partial charge < -0.3 is 4.74 Å². The molecule has 2 amide bonds. The highest BCUT2D eigenvalue weighted by Crippen LogP contribution is 2.18. The van der Waals surface area contributed by atoms with Gasteiger partial charge in [0.1, 0.15) is 5.75 Å². The van der Waals surface area contributed by atoms with Crippen LogP contribution in [0, 0.1) is 10.1 Å². The molecule has 0 aliphatic carbocycles. The van der Waals surface area contributed by atoms with Crippen LogP contribution in [-0.2, 0) is 16.0 Å². The third kappa shape index (κ3) is 6.28. The van der Waals surface area contributed by atoms with E-state index < -0.39 is 16.7 Å². The molecule has 140 valence electrons. The number of rotatable bonds is 7. The molecule has 8 heteroatoms. The summed E-state index contributed by atoms with van der Waals surface area (Å²) in [6.07, 6.45) is 3.30. The molecular formula is C19H19N3O5. The Morgan fingerprint density at radius 3 is 2.48 bits per heavy atom. The lowest BCUT2D eigenvalue weighted by atomic mass is 10.1. The summed E-state index contributed by atoms with van der Waals surface area (Å²) < 4.78 is 5.31. The van der Waals surface area contributed by atoms with E-state index >= 15 is 0 Å². The number of para-hydroxylation sites is 1. The first kappa shape index (κ1) is 19.6. The van der Waals surface area contributed by atoms with Crippen LogP contribution in [0.4, 0.5) is 5.69 Å². The molecule has 2 N–H and O–H groups in total. The Morgan fingerprint density at radius 2 is 1.81 bits per heavy atom. The van der Waals surface area contributed by atoms with Crippen LogP contribution in [0.3, 0.4) is 0 Å². The summed E-state index contributed by atoms with van der Waals surface area (Å²) in [5.74, 6) is -0.624. The number of carbonyl (C=O) groups is 2. The largest absolute Gasteiger partial charge is 0.484 e. The van der Waals surface area contributed by atoms with Crippen molar-refractivity contribution in [3.8, 4) is 5.75 Å². The number of nitro benzene ring substituents is 1. The highest BCUT2D eigenvalue weighted by molar-refractivity contribution is 5.93. The number of ether oxygens (including phenoxy) is 1. The predicted molar refractivity (Wildman–Crippen MR) is 99.7 cm³/mol. The van der Waals surface area contributed by atoms with Crippen molar-refractivity contribution in [1.29, 1.82) is 0 Å². The summed E-state index contributed by atoms with van der Waals surface area (Å²) >= 11 is 0. The van der Waals surface area contributed by atoms with E-state index in [1.54, 1.807) is 18.2 Å². The van der Waals surface area contributed by atoms with Gasteiger partial charge in [0.05, 0.1) is 10.5 Å². The highest BCUT2D eigenvalue weighted by Gasteiger charge is 2.10. The van der Waals surface area contributed by atoms with E-state index in [0.29, 0.717) is 5.75 Å². The average molecular weight is 369 g/mol. The fourth-order valence-electron chi connectivity index (χ4n) is 2.14. The van der Waals surface area contributed by atoms with Crippen molar-refractivity contribution in [2.45, 2.75) is 13.3 Å². The molecule has 0 spiro atoms. The molecule has 0 heterocycles. The Kier molecular flexibility index (Phi) is 7.07. The number of nitro groups is 1. The van der Waals surface area contributed by atoms with Crippen LogP contribution in [-0.4, -0.2) is 23.3 Å². The minimum Gasteiger partial charge on any atom is -0.484 e. The molecule has 27 heavy (non-hydrogen) atoms. The zero-order valence-corrected chi connectivity index (χ0v) is 14.7. The summed E-state index contributed by atoms with van der Waals surface area (Å²) in [4.78, 5) is 33.8. The monoisotopic (exact) mass is 369 g/mol. The number of nitrogens with zero attached hydrogens (tertiary/aromatic N) is 1. The summed E-state index contributed by atoms with van der Waals surface area (Å²) in [7, 11) is 0. The minimum absolute atomic E-state index is 0.118. The van der Waals surface area contributed by atoms with Crippen molar-refractivity contribution in [1.82, 2.24) is 10.9 Å². The lowest BCUT2D eigenvalue weighted by molar-refractivity contribution is -0.385. The third-order valence-corrected chi connectivity index (χ3v) is 3.57. The number of hydrazine groups is 1. The Morgan fingerprint density at radius 1 is 1.11 bits per heavy atom. The minimum atomic E-state index is -0.631. The van der Waals surface area contributed by atoms with Gasteiger partial charge in [0.15, 0.2) is 6.61 Å². The van der Waals surface area contributed by atoms with Crippen LogP contribution in [0.5, 0.6) is 5.75 Å². The van der Waals surface area contributed by atoms with E-state index in [9.17, 15) is 19.7 Å². The molecule has 0 fully saturated rings. The van der Waals surface area contributed by atoms with Crippen LogP contribution in [0.1, 0.15) is 18.1 Å². The second kappa shape index (κ2) is 9.71. The molecule has 2 rings (SSSR count). The van der Waals surface area contributed by atoms with Gasteiger partial charge in [-0.05, 0) is 36.3 Å². The maximum absolute atomic E-state index is 11.7. The highest BCUT2D eigenvalue weighted by atomic mass is 16.6. The fraction of sp³-hybridized carbons (Fsp3) is 0.158. The number of hydrogen-bond acceptors (Lipinski definition) is 5. The molecule has 0 radical (unpaired) electrons. The zero-order chi connectivity index (χ0) is 19.6. The number of carbonyl (C=O) groups excluding carboxylic acids is 2. The Balaban J connectivity index is 1.79. The fourth-order valence-corrected chi connectivity index (χ4v) is 2.14. The van der Waals surface area contributed by atoms with E-state index in [-0.39, 0.29) is 17.9 Å². The molecular weight excluding hydrogens is 350 g/mol. The lowest BCUT2D eigenvalue weighted by Gasteiger charge is -2.08. The van der Waals surface area contributed by atoms with E-state index in [1.165, 1.54) is 24.3 Å². The summed E-state index contributed by atoms with van der Waals surface area (Å²) in [5.41, 5.74) is 5.70. The average Bonchev–Trinajstić information content (AvgIpc) is 2.69. The lowest BCUT2D eigenvalue weighted by Crippen LogP contribution is -2.43. The molecule has 0 unspecified atom stereocenters. The van der Waals surface area contributed by atoms with Gasteiger partial charge in [-0.15, -0.1) is 0 Å². The van der Waals surface area contributed by atoms with Crippen molar-refractivity contribution in [2.75, 3.05) is 6.61 Å². The summed E-state index contributed by atoms with van der Waals surface area (Å²) in [5, 5.41) is 10.9. The first-order chi connectivity index (χ1) is 13.0.